The fourth-order valence-corrected chi connectivity index (χ4v) is 2.98. The summed E-state index contributed by atoms with van der Waals surface area (Å²) in [6.07, 6.45) is 6.78. The van der Waals surface area contributed by atoms with Crippen molar-refractivity contribution in [3.8, 4) is 5.75 Å². The topological polar surface area (TPSA) is 21.3 Å². The lowest BCUT2D eigenvalue weighted by Gasteiger charge is -2.11. The van der Waals surface area contributed by atoms with Crippen molar-refractivity contribution >= 4 is 0 Å². The van der Waals surface area contributed by atoms with E-state index in [0.29, 0.717) is 0 Å². The van der Waals surface area contributed by atoms with E-state index in [1.807, 2.05) is 0 Å². The van der Waals surface area contributed by atoms with E-state index < -0.39 is 0 Å². The minimum Gasteiger partial charge on any atom is -0.493 e. The fraction of sp³-hybridized carbons (Fsp3) is 0.600. The molecule has 0 bridgehead atoms. The maximum Gasteiger partial charge on any atom is 0.122 e. The largest absolute Gasteiger partial charge is 0.493 e. The second kappa shape index (κ2) is 5.09. The van der Waals surface area contributed by atoms with Crippen molar-refractivity contribution in [2.45, 2.75) is 38.6 Å². The van der Waals surface area contributed by atoms with Crippen LogP contribution in [0.1, 0.15) is 36.8 Å². The summed E-state index contributed by atoms with van der Waals surface area (Å²) in [5, 5.41) is 3.59. The molecule has 1 aromatic carbocycles. The van der Waals surface area contributed by atoms with E-state index in [9.17, 15) is 0 Å². The van der Waals surface area contributed by atoms with Gasteiger partial charge in [-0.2, -0.15) is 0 Å². The minimum atomic E-state index is 0.855. The van der Waals surface area contributed by atoms with Crippen LogP contribution in [-0.2, 0) is 13.0 Å². The van der Waals surface area contributed by atoms with Crippen molar-refractivity contribution in [2.24, 2.45) is 5.92 Å². The van der Waals surface area contributed by atoms with E-state index in [2.05, 4.69) is 23.5 Å². The molecule has 1 aromatic rings. The van der Waals surface area contributed by atoms with Crippen LogP contribution in [0.4, 0.5) is 0 Å². The number of ether oxygens (including phenoxy) is 1. The molecule has 1 aliphatic heterocycles. The van der Waals surface area contributed by atoms with E-state index in [1.54, 1.807) is 0 Å². The number of hydrogen-bond acceptors (Lipinski definition) is 2. The van der Waals surface area contributed by atoms with Gasteiger partial charge in [-0.3, -0.25) is 0 Å². The number of nitrogens with one attached hydrogen (secondary N) is 1. The highest BCUT2D eigenvalue weighted by Gasteiger charge is 2.15. The van der Waals surface area contributed by atoms with Crippen LogP contribution in [0, 0.1) is 5.92 Å². The lowest BCUT2D eigenvalue weighted by atomic mass is 10.1. The van der Waals surface area contributed by atoms with Gasteiger partial charge >= 0.3 is 0 Å². The van der Waals surface area contributed by atoms with Gasteiger partial charge in [0.25, 0.3) is 0 Å². The van der Waals surface area contributed by atoms with Crippen LogP contribution in [0.5, 0.6) is 5.75 Å². The molecular weight excluding hydrogens is 210 g/mol. The number of benzene rings is 1. The first kappa shape index (κ1) is 11.1. The average molecular weight is 231 g/mol. The molecule has 1 N–H and O–H groups in total. The van der Waals surface area contributed by atoms with Gasteiger partial charge in [-0.25, -0.2) is 0 Å². The molecule has 92 valence electrons. The second-order valence-corrected chi connectivity index (χ2v) is 5.32. The Balaban J connectivity index is 1.51. The predicted molar refractivity (Wildman–Crippen MR) is 69.3 cm³/mol. The molecule has 0 amide bonds. The van der Waals surface area contributed by atoms with Gasteiger partial charge in [-0.1, -0.05) is 25.0 Å². The van der Waals surface area contributed by atoms with Crippen molar-refractivity contribution in [1.29, 1.82) is 0 Å². The molecule has 1 fully saturated rings. The summed E-state index contributed by atoms with van der Waals surface area (Å²) in [6, 6.07) is 6.60. The van der Waals surface area contributed by atoms with Gasteiger partial charge in [0, 0.05) is 13.0 Å². The summed E-state index contributed by atoms with van der Waals surface area (Å²) >= 11 is 0. The molecule has 2 aliphatic rings. The van der Waals surface area contributed by atoms with Crippen LogP contribution >= 0.6 is 0 Å². The van der Waals surface area contributed by atoms with Crippen LogP contribution in [0.3, 0.4) is 0 Å². The lowest BCUT2D eigenvalue weighted by molar-refractivity contribution is 0.357. The van der Waals surface area contributed by atoms with Gasteiger partial charge in [0.1, 0.15) is 5.75 Å². The first-order valence-corrected chi connectivity index (χ1v) is 6.87. The Morgan fingerprint density at radius 2 is 2.12 bits per heavy atom. The molecule has 0 unspecified atom stereocenters. The second-order valence-electron chi connectivity index (χ2n) is 5.32. The molecule has 17 heavy (non-hydrogen) atoms. The Morgan fingerprint density at radius 1 is 1.24 bits per heavy atom. The highest BCUT2D eigenvalue weighted by atomic mass is 16.5. The third-order valence-corrected chi connectivity index (χ3v) is 3.99. The average Bonchev–Trinajstić information content (AvgIpc) is 2.98. The predicted octanol–water partition coefficient (Wildman–Crippen LogP) is 2.90. The molecule has 1 saturated carbocycles. The summed E-state index contributed by atoms with van der Waals surface area (Å²) in [7, 11) is 0. The molecule has 0 radical (unpaired) electrons. The Kier molecular flexibility index (Phi) is 3.32. The Bertz CT molecular complexity index is 383. The van der Waals surface area contributed by atoms with Gasteiger partial charge in [0.2, 0.25) is 0 Å². The molecule has 0 atom stereocenters. The van der Waals surface area contributed by atoms with E-state index in [1.165, 1.54) is 43.4 Å². The Hall–Kier alpha value is -1.02. The van der Waals surface area contributed by atoms with E-state index in [0.717, 1.165) is 31.2 Å². The standard InChI is InChI=1S/C15H21NO/c1-2-4-12(3-1)10-16-11-13-5-6-15-14(9-13)7-8-17-15/h5-6,9,12,16H,1-4,7-8,10-11H2. The Morgan fingerprint density at radius 3 is 3.00 bits per heavy atom. The number of fused-ring (bicyclic) bond motifs is 1. The van der Waals surface area contributed by atoms with Crippen LogP contribution < -0.4 is 10.1 Å². The normalized spacial score (nSPS) is 19.3. The molecule has 0 spiro atoms. The quantitative estimate of drug-likeness (QED) is 0.860. The van der Waals surface area contributed by atoms with Crippen molar-refractivity contribution in [1.82, 2.24) is 5.32 Å². The fourth-order valence-electron chi connectivity index (χ4n) is 2.98. The zero-order valence-electron chi connectivity index (χ0n) is 10.4. The maximum absolute atomic E-state index is 5.52. The molecule has 3 rings (SSSR count). The van der Waals surface area contributed by atoms with E-state index in [4.69, 9.17) is 4.74 Å². The van der Waals surface area contributed by atoms with Crippen LogP contribution in [0.15, 0.2) is 18.2 Å². The summed E-state index contributed by atoms with van der Waals surface area (Å²) in [5.41, 5.74) is 2.78. The zero-order valence-corrected chi connectivity index (χ0v) is 10.4. The maximum atomic E-state index is 5.52. The molecule has 0 saturated heterocycles. The van der Waals surface area contributed by atoms with Crippen molar-refractivity contribution in [2.75, 3.05) is 13.2 Å². The Labute approximate surface area is 103 Å². The van der Waals surface area contributed by atoms with Gasteiger partial charge in [0.05, 0.1) is 6.61 Å². The first-order valence-electron chi connectivity index (χ1n) is 6.87. The van der Waals surface area contributed by atoms with Gasteiger partial charge in [0.15, 0.2) is 0 Å². The number of hydrogen-bond donors (Lipinski definition) is 1. The monoisotopic (exact) mass is 231 g/mol. The van der Waals surface area contributed by atoms with Crippen molar-refractivity contribution < 1.29 is 4.74 Å². The lowest BCUT2D eigenvalue weighted by Crippen LogP contribution is -2.20. The molecule has 1 aliphatic carbocycles. The third kappa shape index (κ3) is 2.63. The SMILES string of the molecule is c1cc2c(cc1CNCC1CCCC1)CCO2. The van der Waals surface area contributed by atoms with Gasteiger partial charge in [-0.05, 0) is 42.5 Å². The number of rotatable bonds is 4. The summed E-state index contributed by atoms with van der Waals surface area (Å²) in [6.45, 7) is 3.05. The molecule has 2 nitrogen and oxygen atoms in total. The van der Waals surface area contributed by atoms with E-state index in [-0.39, 0.29) is 0 Å². The zero-order chi connectivity index (χ0) is 11.5. The third-order valence-electron chi connectivity index (χ3n) is 3.99. The smallest absolute Gasteiger partial charge is 0.122 e. The summed E-state index contributed by atoms with van der Waals surface area (Å²) < 4.78 is 5.52. The van der Waals surface area contributed by atoms with Crippen LogP contribution in [0.2, 0.25) is 0 Å². The minimum absolute atomic E-state index is 0.855. The highest BCUT2D eigenvalue weighted by molar-refractivity contribution is 5.39. The van der Waals surface area contributed by atoms with Crippen molar-refractivity contribution in [3.63, 3.8) is 0 Å². The van der Waals surface area contributed by atoms with Gasteiger partial charge in [-0.15, -0.1) is 0 Å². The molecule has 1 heterocycles. The van der Waals surface area contributed by atoms with Crippen LogP contribution in [0.25, 0.3) is 0 Å². The van der Waals surface area contributed by atoms with Crippen LogP contribution in [-0.4, -0.2) is 13.2 Å². The summed E-state index contributed by atoms with van der Waals surface area (Å²) in [4.78, 5) is 0. The van der Waals surface area contributed by atoms with Gasteiger partial charge < -0.3 is 10.1 Å². The summed E-state index contributed by atoms with van der Waals surface area (Å²) in [5.74, 6) is 2.01. The first-order chi connectivity index (χ1) is 8.42. The highest BCUT2D eigenvalue weighted by Crippen LogP contribution is 2.26. The molecular formula is C15H21NO. The van der Waals surface area contributed by atoms with E-state index >= 15 is 0 Å². The molecule has 0 aromatic heterocycles. The molecule has 2 heteroatoms. The van der Waals surface area contributed by atoms with Crippen molar-refractivity contribution in [3.05, 3.63) is 29.3 Å².